The molecule has 1 aliphatic heterocycles. The summed E-state index contributed by atoms with van der Waals surface area (Å²) in [7, 11) is 0. The number of allylic oxidation sites excluding steroid dienone is 1. The standard InChI is InChI=1S/C22H34O6/c1-11-5-8-21(26)10-22-12(2)13(24)6-7-19(22,3)17-16(15(11)20(21,22)4)27-18(28-17)14(25)9-23/h12-14,16-18,23-26H,5-10H2,1-4H3. The summed E-state index contributed by atoms with van der Waals surface area (Å²) in [5.41, 5.74) is 0.495. The molecule has 4 fully saturated rings. The lowest BCUT2D eigenvalue weighted by atomic mass is 9.23. The van der Waals surface area contributed by atoms with Gasteiger partial charge in [0.1, 0.15) is 12.2 Å². The highest BCUT2D eigenvalue weighted by molar-refractivity contribution is 5.48. The molecule has 5 rings (SSSR count). The van der Waals surface area contributed by atoms with Gasteiger partial charge in [-0.05, 0) is 55.9 Å². The molecule has 0 aromatic rings. The van der Waals surface area contributed by atoms with Gasteiger partial charge in [0.05, 0.1) is 24.4 Å². The van der Waals surface area contributed by atoms with Gasteiger partial charge in [-0.2, -0.15) is 0 Å². The largest absolute Gasteiger partial charge is 0.393 e. The van der Waals surface area contributed by atoms with Gasteiger partial charge in [-0.15, -0.1) is 0 Å². The Balaban J connectivity index is 1.72. The summed E-state index contributed by atoms with van der Waals surface area (Å²) >= 11 is 0. The minimum atomic E-state index is -1.09. The van der Waals surface area contributed by atoms with E-state index in [2.05, 4.69) is 27.7 Å². The first kappa shape index (κ1) is 19.5. The fourth-order valence-corrected chi connectivity index (χ4v) is 8.43. The Morgan fingerprint density at radius 2 is 1.93 bits per heavy atom. The van der Waals surface area contributed by atoms with E-state index in [0.717, 1.165) is 24.8 Å². The molecular weight excluding hydrogens is 360 g/mol. The van der Waals surface area contributed by atoms with Crippen molar-refractivity contribution in [1.82, 2.24) is 0 Å². The second-order valence-electron chi connectivity index (χ2n) is 10.5. The SMILES string of the molecule is CC1=C2C3OC(C(O)CO)OC3C3(C)CCC(O)C(C)C34CC(O)(CC1)C24C. The van der Waals surface area contributed by atoms with E-state index in [1.807, 2.05) is 0 Å². The predicted octanol–water partition coefficient (Wildman–Crippen LogP) is 1.50. The highest BCUT2D eigenvalue weighted by Gasteiger charge is 2.85. The van der Waals surface area contributed by atoms with Crippen molar-refractivity contribution in [2.75, 3.05) is 6.61 Å². The zero-order valence-electron chi connectivity index (χ0n) is 17.3. The smallest absolute Gasteiger partial charge is 0.187 e. The summed E-state index contributed by atoms with van der Waals surface area (Å²) < 4.78 is 12.6. The van der Waals surface area contributed by atoms with Gasteiger partial charge in [0.25, 0.3) is 0 Å². The Morgan fingerprint density at radius 1 is 1.21 bits per heavy atom. The van der Waals surface area contributed by atoms with E-state index in [1.54, 1.807) is 0 Å². The number of ether oxygens (including phenoxy) is 2. The molecule has 4 N–H and O–H groups in total. The second kappa shape index (κ2) is 5.59. The van der Waals surface area contributed by atoms with Crippen LogP contribution in [0.5, 0.6) is 0 Å². The molecule has 0 bridgehead atoms. The molecule has 1 spiro atoms. The molecule has 1 saturated heterocycles. The summed E-state index contributed by atoms with van der Waals surface area (Å²) in [4.78, 5) is 0. The van der Waals surface area contributed by atoms with Crippen molar-refractivity contribution in [3.8, 4) is 0 Å². The van der Waals surface area contributed by atoms with Crippen LogP contribution in [-0.4, -0.2) is 63.3 Å². The monoisotopic (exact) mass is 394 g/mol. The molecule has 6 heteroatoms. The molecular formula is C22H34O6. The Labute approximate surface area is 166 Å². The number of rotatable bonds is 2. The van der Waals surface area contributed by atoms with E-state index in [9.17, 15) is 20.4 Å². The van der Waals surface area contributed by atoms with Crippen LogP contribution in [0.1, 0.15) is 59.8 Å². The van der Waals surface area contributed by atoms with Crippen molar-refractivity contribution < 1.29 is 29.9 Å². The molecule has 10 atom stereocenters. The van der Waals surface area contributed by atoms with Gasteiger partial charge in [-0.1, -0.05) is 26.3 Å². The molecule has 4 aliphatic carbocycles. The summed E-state index contributed by atoms with van der Waals surface area (Å²) in [6, 6.07) is 0. The Morgan fingerprint density at radius 3 is 2.61 bits per heavy atom. The number of aliphatic hydroxyl groups is 4. The maximum Gasteiger partial charge on any atom is 0.187 e. The zero-order valence-corrected chi connectivity index (χ0v) is 17.3. The Bertz CT molecular complexity index is 737. The highest BCUT2D eigenvalue weighted by Crippen LogP contribution is 2.84. The predicted molar refractivity (Wildman–Crippen MR) is 101 cm³/mol. The van der Waals surface area contributed by atoms with Crippen molar-refractivity contribution in [3.63, 3.8) is 0 Å². The lowest BCUT2D eigenvalue weighted by Gasteiger charge is -2.82. The van der Waals surface area contributed by atoms with Crippen LogP contribution in [0.25, 0.3) is 0 Å². The van der Waals surface area contributed by atoms with Crippen molar-refractivity contribution in [2.45, 2.75) is 96.1 Å². The van der Waals surface area contributed by atoms with E-state index >= 15 is 0 Å². The molecule has 1 heterocycles. The van der Waals surface area contributed by atoms with Gasteiger partial charge in [0.15, 0.2) is 6.29 Å². The number of aliphatic hydroxyl groups excluding tert-OH is 3. The van der Waals surface area contributed by atoms with E-state index in [0.29, 0.717) is 12.8 Å². The maximum absolute atomic E-state index is 11.7. The second-order valence-corrected chi connectivity index (χ2v) is 10.5. The first-order chi connectivity index (χ1) is 13.1. The van der Waals surface area contributed by atoms with Gasteiger partial charge >= 0.3 is 0 Å². The molecule has 0 radical (unpaired) electrons. The third kappa shape index (κ3) is 1.79. The normalized spacial score (nSPS) is 58.5. The van der Waals surface area contributed by atoms with Crippen LogP contribution in [0.3, 0.4) is 0 Å². The lowest BCUT2D eigenvalue weighted by molar-refractivity contribution is -0.362. The van der Waals surface area contributed by atoms with Crippen molar-refractivity contribution in [1.29, 1.82) is 0 Å². The summed E-state index contributed by atoms with van der Waals surface area (Å²) in [6.45, 7) is 8.24. The molecule has 3 saturated carbocycles. The molecule has 0 amide bonds. The van der Waals surface area contributed by atoms with Crippen LogP contribution in [-0.2, 0) is 9.47 Å². The third-order valence-corrected chi connectivity index (χ3v) is 9.89. The molecule has 0 aromatic carbocycles. The van der Waals surface area contributed by atoms with Gasteiger partial charge in [-0.25, -0.2) is 0 Å². The number of hydrogen-bond donors (Lipinski definition) is 4. The van der Waals surface area contributed by atoms with Crippen molar-refractivity contribution >= 4 is 0 Å². The van der Waals surface area contributed by atoms with E-state index in [4.69, 9.17) is 9.47 Å². The van der Waals surface area contributed by atoms with E-state index < -0.39 is 36.1 Å². The Kier molecular flexibility index (Phi) is 3.89. The van der Waals surface area contributed by atoms with Gasteiger partial charge in [0.2, 0.25) is 0 Å². The van der Waals surface area contributed by atoms with Crippen molar-refractivity contribution in [2.24, 2.45) is 22.2 Å². The van der Waals surface area contributed by atoms with Gasteiger partial charge in [-0.3, -0.25) is 0 Å². The van der Waals surface area contributed by atoms with Crippen LogP contribution in [0.15, 0.2) is 11.1 Å². The molecule has 5 aliphatic rings. The van der Waals surface area contributed by atoms with Gasteiger partial charge in [0, 0.05) is 10.8 Å². The minimum absolute atomic E-state index is 0.0313. The number of hydrogen-bond acceptors (Lipinski definition) is 6. The van der Waals surface area contributed by atoms with Crippen LogP contribution in [0.4, 0.5) is 0 Å². The van der Waals surface area contributed by atoms with Crippen LogP contribution in [0, 0.1) is 22.2 Å². The van der Waals surface area contributed by atoms with Gasteiger partial charge < -0.3 is 29.9 Å². The summed E-state index contributed by atoms with van der Waals surface area (Å²) in [5, 5.41) is 42.2. The maximum atomic E-state index is 11.7. The van der Waals surface area contributed by atoms with E-state index in [-0.39, 0.29) is 29.0 Å². The molecule has 28 heavy (non-hydrogen) atoms. The fraction of sp³-hybridized carbons (Fsp3) is 0.909. The quantitative estimate of drug-likeness (QED) is 0.530. The molecule has 0 aromatic heterocycles. The average Bonchev–Trinajstić information content (AvgIpc) is 3.10. The van der Waals surface area contributed by atoms with E-state index in [1.165, 1.54) is 5.57 Å². The third-order valence-electron chi connectivity index (χ3n) is 9.89. The van der Waals surface area contributed by atoms with Crippen LogP contribution >= 0.6 is 0 Å². The zero-order chi connectivity index (χ0) is 20.3. The van der Waals surface area contributed by atoms with Crippen LogP contribution in [0.2, 0.25) is 0 Å². The topological polar surface area (TPSA) is 99.4 Å². The summed E-state index contributed by atoms with van der Waals surface area (Å²) in [5.74, 6) is 0.0313. The minimum Gasteiger partial charge on any atom is -0.393 e. The van der Waals surface area contributed by atoms with Crippen LogP contribution < -0.4 is 0 Å². The van der Waals surface area contributed by atoms with Crippen molar-refractivity contribution in [3.05, 3.63) is 11.1 Å². The molecule has 10 unspecified atom stereocenters. The molecule has 158 valence electrons. The fourth-order valence-electron chi connectivity index (χ4n) is 8.43. The highest BCUT2D eigenvalue weighted by atomic mass is 16.7. The summed E-state index contributed by atoms with van der Waals surface area (Å²) in [6.07, 6.45) is 0.786. The number of fused-ring (bicyclic) bond motifs is 3. The first-order valence-corrected chi connectivity index (χ1v) is 10.8. The average molecular weight is 395 g/mol. The molecule has 6 nitrogen and oxygen atoms in total. The Hall–Kier alpha value is -0.500. The first-order valence-electron chi connectivity index (χ1n) is 10.8. The lowest BCUT2D eigenvalue weighted by Crippen LogP contribution is -2.84.